The fourth-order valence-corrected chi connectivity index (χ4v) is 3.41. The molecule has 2 rings (SSSR count). The van der Waals surface area contributed by atoms with Gasteiger partial charge in [-0.2, -0.15) is 8.42 Å². The van der Waals surface area contributed by atoms with Crippen LogP contribution in [0, 0.1) is 16.0 Å². The summed E-state index contributed by atoms with van der Waals surface area (Å²) < 4.78 is 34.3. The Morgan fingerprint density at radius 2 is 1.73 bits per heavy atom. The molecular formula is C19H20N2O8S. The Bertz CT molecular complexity index is 1050. The third-order valence-electron chi connectivity index (χ3n) is 4.05. The Morgan fingerprint density at radius 3 is 2.27 bits per heavy atom. The fraction of sp³-hybridized carbons (Fsp3) is 0.263. The molecule has 30 heavy (non-hydrogen) atoms. The van der Waals surface area contributed by atoms with E-state index in [1.165, 1.54) is 43.5 Å². The highest BCUT2D eigenvalue weighted by atomic mass is 32.2. The van der Waals surface area contributed by atoms with E-state index >= 15 is 0 Å². The van der Waals surface area contributed by atoms with Crippen molar-refractivity contribution in [3.05, 3.63) is 64.2 Å². The number of ether oxygens (including phenoxy) is 1. The van der Waals surface area contributed by atoms with Crippen molar-refractivity contribution in [3.8, 4) is 5.75 Å². The summed E-state index contributed by atoms with van der Waals surface area (Å²) in [7, 11) is -3.09. The Hall–Kier alpha value is -3.47. The zero-order chi connectivity index (χ0) is 22.5. The molecule has 160 valence electrons. The molecule has 1 unspecified atom stereocenters. The van der Waals surface area contributed by atoms with Crippen molar-refractivity contribution in [1.29, 1.82) is 0 Å². The average Bonchev–Trinajstić information content (AvgIpc) is 2.71. The van der Waals surface area contributed by atoms with Gasteiger partial charge in [0.15, 0.2) is 0 Å². The number of carbonyl (C=O) groups excluding carboxylic acids is 2. The van der Waals surface area contributed by atoms with Crippen LogP contribution in [0.2, 0.25) is 0 Å². The van der Waals surface area contributed by atoms with Gasteiger partial charge in [0.05, 0.1) is 12.0 Å². The molecule has 0 bridgehead atoms. The summed E-state index contributed by atoms with van der Waals surface area (Å²) in [5, 5.41) is 13.4. The molecule has 1 N–H and O–H groups in total. The van der Waals surface area contributed by atoms with Crippen LogP contribution < -0.4 is 9.50 Å². The SMILES string of the molecule is COC(=O)C(NC(=O)c1ccc(OS(=O)(=O)c2cccc([N+](=O)[O-])c2)cc1)C(C)C. The molecule has 2 aromatic rings. The number of benzene rings is 2. The third kappa shape index (κ3) is 5.54. The summed E-state index contributed by atoms with van der Waals surface area (Å²) in [6, 6.07) is 8.76. The van der Waals surface area contributed by atoms with Gasteiger partial charge >= 0.3 is 16.1 Å². The number of non-ortho nitro benzene ring substituents is 1. The van der Waals surface area contributed by atoms with E-state index in [2.05, 4.69) is 10.1 Å². The number of hydrogen-bond donors (Lipinski definition) is 1. The largest absolute Gasteiger partial charge is 0.467 e. The monoisotopic (exact) mass is 436 g/mol. The number of hydrogen-bond acceptors (Lipinski definition) is 8. The molecule has 1 amide bonds. The number of methoxy groups -OCH3 is 1. The lowest BCUT2D eigenvalue weighted by atomic mass is 10.0. The van der Waals surface area contributed by atoms with Crippen LogP contribution in [-0.4, -0.2) is 38.4 Å². The second kappa shape index (κ2) is 9.35. The Balaban J connectivity index is 2.15. The molecule has 0 saturated carbocycles. The molecular weight excluding hydrogens is 416 g/mol. The van der Waals surface area contributed by atoms with Gasteiger partial charge < -0.3 is 14.2 Å². The quantitative estimate of drug-likeness (QED) is 0.287. The van der Waals surface area contributed by atoms with Crippen LogP contribution in [0.25, 0.3) is 0 Å². The molecule has 2 aromatic carbocycles. The maximum Gasteiger partial charge on any atom is 0.339 e. The highest BCUT2D eigenvalue weighted by Gasteiger charge is 2.25. The number of amides is 1. The number of nitro groups is 1. The number of rotatable bonds is 8. The van der Waals surface area contributed by atoms with Crippen LogP contribution in [0.15, 0.2) is 53.4 Å². The first kappa shape index (κ1) is 22.8. The van der Waals surface area contributed by atoms with Crippen molar-refractivity contribution in [2.24, 2.45) is 5.92 Å². The summed E-state index contributed by atoms with van der Waals surface area (Å²) in [6.07, 6.45) is 0. The number of nitrogens with zero attached hydrogens (tertiary/aromatic N) is 1. The van der Waals surface area contributed by atoms with Gasteiger partial charge in [-0.05, 0) is 36.2 Å². The van der Waals surface area contributed by atoms with Crippen molar-refractivity contribution in [1.82, 2.24) is 5.32 Å². The van der Waals surface area contributed by atoms with Crippen LogP contribution in [0.5, 0.6) is 5.75 Å². The summed E-state index contributed by atoms with van der Waals surface area (Å²) in [5.74, 6) is -1.43. The Labute approximate surface area is 173 Å². The van der Waals surface area contributed by atoms with Gasteiger partial charge in [-0.3, -0.25) is 14.9 Å². The summed E-state index contributed by atoms with van der Waals surface area (Å²) in [4.78, 5) is 33.9. The fourth-order valence-electron chi connectivity index (χ4n) is 2.44. The predicted octanol–water partition coefficient (Wildman–Crippen LogP) is 2.29. The lowest BCUT2D eigenvalue weighted by Crippen LogP contribution is -2.45. The first-order valence-corrected chi connectivity index (χ1v) is 10.1. The van der Waals surface area contributed by atoms with Gasteiger partial charge in [0.25, 0.3) is 11.6 Å². The number of carbonyl (C=O) groups is 2. The number of nitro benzene ring substituents is 1. The van der Waals surface area contributed by atoms with E-state index < -0.39 is 38.6 Å². The minimum Gasteiger partial charge on any atom is -0.467 e. The van der Waals surface area contributed by atoms with Crippen molar-refractivity contribution >= 4 is 27.7 Å². The highest BCUT2D eigenvalue weighted by molar-refractivity contribution is 7.87. The number of esters is 1. The highest BCUT2D eigenvalue weighted by Crippen LogP contribution is 2.22. The van der Waals surface area contributed by atoms with Crippen LogP contribution in [0.3, 0.4) is 0 Å². The first-order valence-electron chi connectivity index (χ1n) is 8.73. The van der Waals surface area contributed by atoms with Crippen molar-refractivity contribution < 1.29 is 31.9 Å². The maximum atomic E-state index is 12.4. The van der Waals surface area contributed by atoms with E-state index in [-0.39, 0.29) is 22.1 Å². The maximum absolute atomic E-state index is 12.4. The molecule has 0 spiro atoms. The molecule has 11 heteroatoms. The topological polar surface area (TPSA) is 142 Å². The molecule has 10 nitrogen and oxygen atoms in total. The summed E-state index contributed by atoms with van der Waals surface area (Å²) in [5.41, 5.74) is -0.221. The molecule has 0 heterocycles. The molecule has 0 aromatic heterocycles. The van der Waals surface area contributed by atoms with Gasteiger partial charge in [-0.1, -0.05) is 19.9 Å². The van der Waals surface area contributed by atoms with E-state index in [1.54, 1.807) is 13.8 Å². The molecule has 0 fully saturated rings. The minimum absolute atomic E-state index is 0.0913. The first-order chi connectivity index (χ1) is 14.0. The Kier molecular flexibility index (Phi) is 7.11. The Morgan fingerprint density at radius 1 is 1.10 bits per heavy atom. The van der Waals surface area contributed by atoms with E-state index in [1.807, 2.05) is 0 Å². The van der Waals surface area contributed by atoms with E-state index in [9.17, 15) is 28.1 Å². The molecule has 0 aliphatic carbocycles. The van der Waals surface area contributed by atoms with Gasteiger partial charge in [0.2, 0.25) is 0 Å². The second-order valence-corrected chi connectivity index (χ2v) is 8.08. The van der Waals surface area contributed by atoms with E-state index in [0.29, 0.717) is 0 Å². The lowest BCUT2D eigenvalue weighted by Gasteiger charge is -2.19. The zero-order valence-corrected chi connectivity index (χ0v) is 17.2. The van der Waals surface area contributed by atoms with Crippen LogP contribution in [-0.2, 0) is 19.6 Å². The number of nitrogens with one attached hydrogen (secondary N) is 1. The van der Waals surface area contributed by atoms with Gasteiger partial charge in [-0.15, -0.1) is 0 Å². The van der Waals surface area contributed by atoms with E-state index in [4.69, 9.17) is 4.18 Å². The summed E-state index contributed by atoms with van der Waals surface area (Å²) >= 11 is 0. The van der Waals surface area contributed by atoms with Crippen LogP contribution in [0.4, 0.5) is 5.69 Å². The van der Waals surface area contributed by atoms with Crippen molar-refractivity contribution in [2.45, 2.75) is 24.8 Å². The lowest BCUT2D eigenvalue weighted by molar-refractivity contribution is -0.385. The standard InChI is InChI=1S/C19H20N2O8S/c1-12(2)17(19(23)28-3)20-18(22)13-7-9-15(10-8-13)29-30(26,27)16-6-4-5-14(11-16)21(24)25/h4-12,17H,1-3H3,(H,20,22). The van der Waals surface area contributed by atoms with Crippen molar-refractivity contribution in [3.63, 3.8) is 0 Å². The molecule has 0 radical (unpaired) electrons. The molecule has 0 saturated heterocycles. The van der Waals surface area contributed by atoms with Crippen LogP contribution in [0.1, 0.15) is 24.2 Å². The predicted molar refractivity (Wildman–Crippen MR) is 105 cm³/mol. The van der Waals surface area contributed by atoms with Gasteiger partial charge in [0.1, 0.15) is 16.7 Å². The smallest absolute Gasteiger partial charge is 0.339 e. The second-order valence-electron chi connectivity index (χ2n) is 6.53. The average molecular weight is 436 g/mol. The van der Waals surface area contributed by atoms with Gasteiger partial charge in [0, 0.05) is 17.7 Å². The zero-order valence-electron chi connectivity index (χ0n) is 16.4. The third-order valence-corrected chi connectivity index (χ3v) is 5.29. The summed E-state index contributed by atoms with van der Waals surface area (Å²) in [6.45, 7) is 3.50. The van der Waals surface area contributed by atoms with Crippen molar-refractivity contribution in [2.75, 3.05) is 7.11 Å². The van der Waals surface area contributed by atoms with Crippen LogP contribution >= 0.6 is 0 Å². The van der Waals surface area contributed by atoms with E-state index in [0.717, 1.165) is 12.1 Å². The minimum atomic E-state index is -4.31. The van der Waals surface area contributed by atoms with Gasteiger partial charge in [-0.25, -0.2) is 4.79 Å². The molecule has 1 atom stereocenters. The molecule has 0 aliphatic rings. The normalized spacial score (nSPS) is 12.1. The molecule has 0 aliphatic heterocycles.